The number of nitro groups is 1. The van der Waals surface area contributed by atoms with Crippen LogP contribution in [-0.4, -0.2) is 18.0 Å². The predicted molar refractivity (Wildman–Crippen MR) is 152 cm³/mol. The summed E-state index contributed by atoms with van der Waals surface area (Å²) in [6, 6.07) is 28.3. The van der Waals surface area contributed by atoms with Crippen LogP contribution >= 0.6 is 0 Å². The van der Waals surface area contributed by atoms with Crippen LogP contribution in [0.5, 0.6) is 11.5 Å². The van der Waals surface area contributed by atoms with Gasteiger partial charge in [0.05, 0.1) is 23.1 Å². The molecule has 1 heterocycles. The highest BCUT2D eigenvalue weighted by Gasteiger charge is 2.08. The SMILES string of the molecule is COc1ccc(-c2cc(=Nc3ccc(OC(=O)C=Cc4cccc([N+](=O)[O-])c4)cc3)c3cc(C)ccc3o2)cc1. The monoisotopic (exact) mass is 532 g/mol. The van der Waals surface area contributed by atoms with Crippen molar-refractivity contribution in [1.29, 1.82) is 0 Å². The number of aryl methyl sites for hydroxylation is 1. The van der Waals surface area contributed by atoms with Crippen molar-refractivity contribution >= 4 is 34.4 Å². The lowest BCUT2D eigenvalue weighted by molar-refractivity contribution is -0.384. The largest absolute Gasteiger partial charge is 0.497 e. The molecule has 0 spiro atoms. The average molecular weight is 533 g/mol. The van der Waals surface area contributed by atoms with Gasteiger partial charge in [-0.25, -0.2) is 9.79 Å². The number of non-ortho nitro benzene ring substituents is 1. The van der Waals surface area contributed by atoms with E-state index >= 15 is 0 Å². The number of ether oxygens (including phenoxy) is 2. The molecular weight excluding hydrogens is 508 g/mol. The molecular formula is C32H24N2O6. The summed E-state index contributed by atoms with van der Waals surface area (Å²) in [6.07, 6.45) is 2.69. The molecule has 0 aliphatic heterocycles. The molecule has 0 saturated carbocycles. The zero-order chi connectivity index (χ0) is 28.1. The zero-order valence-corrected chi connectivity index (χ0v) is 21.7. The van der Waals surface area contributed by atoms with E-state index in [4.69, 9.17) is 18.9 Å². The van der Waals surface area contributed by atoms with Gasteiger partial charge in [-0.3, -0.25) is 10.1 Å². The van der Waals surface area contributed by atoms with Crippen LogP contribution in [-0.2, 0) is 4.79 Å². The number of carbonyl (C=O) groups excluding carboxylic acids is 1. The van der Waals surface area contributed by atoms with Gasteiger partial charge in [-0.15, -0.1) is 0 Å². The van der Waals surface area contributed by atoms with E-state index in [1.807, 2.05) is 55.5 Å². The lowest BCUT2D eigenvalue weighted by atomic mass is 10.1. The quantitative estimate of drug-likeness (QED) is 0.0723. The maximum absolute atomic E-state index is 12.3. The molecule has 1 aromatic heterocycles. The Labute approximate surface area is 229 Å². The molecule has 4 aromatic carbocycles. The predicted octanol–water partition coefficient (Wildman–Crippen LogP) is 7.18. The minimum absolute atomic E-state index is 0.0546. The smallest absolute Gasteiger partial charge is 0.336 e. The third-order valence-electron chi connectivity index (χ3n) is 6.07. The second-order valence-electron chi connectivity index (χ2n) is 8.94. The Kier molecular flexibility index (Phi) is 7.50. The Balaban J connectivity index is 1.40. The van der Waals surface area contributed by atoms with E-state index < -0.39 is 10.9 Å². The number of hydrogen-bond acceptors (Lipinski definition) is 7. The fourth-order valence-electron chi connectivity index (χ4n) is 4.06. The molecule has 0 amide bonds. The number of methoxy groups -OCH3 is 1. The van der Waals surface area contributed by atoms with Gasteiger partial charge < -0.3 is 13.9 Å². The third kappa shape index (κ3) is 6.14. The molecule has 0 atom stereocenters. The summed E-state index contributed by atoms with van der Waals surface area (Å²) in [4.78, 5) is 27.6. The number of fused-ring (bicyclic) bond motifs is 1. The van der Waals surface area contributed by atoms with Crippen LogP contribution in [0.2, 0.25) is 0 Å². The first kappa shape index (κ1) is 26.1. The van der Waals surface area contributed by atoms with Crippen LogP contribution in [0, 0.1) is 17.0 Å². The molecule has 8 nitrogen and oxygen atoms in total. The minimum atomic E-state index is -0.605. The number of benzene rings is 4. The fourth-order valence-corrected chi connectivity index (χ4v) is 4.06. The number of esters is 1. The number of hydrogen-bond donors (Lipinski definition) is 0. The minimum Gasteiger partial charge on any atom is -0.497 e. The Hall–Kier alpha value is -5.50. The molecule has 0 unspecified atom stereocenters. The first-order valence-corrected chi connectivity index (χ1v) is 12.4. The van der Waals surface area contributed by atoms with Crippen molar-refractivity contribution in [3.63, 3.8) is 0 Å². The van der Waals surface area contributed by atoms with Crippen LogP contribution in [0.25, 0.3) is 28.4 Å². The van der Waals surface area contributed by atoms with Gasteiger partial charge in [-0.05, 0) is 79.2 Å². The molecule has 40 heavy (non-hydrogen) atoms. The molecule has 5 aromatic rings. The van der Waals surface area contributed by atoms with E-state index in [2.05, 4.69) is 0 Å². The Bertz CT molecular complexity index is 1800. The molecule has 0 aliphatic rings. The highest BCUT2D eigenvalue weighted by atomic mass is 16.6. The maximum atomic E-state index is 12.3. The molecule has 0 aliphatic carbocycles. The van der Waals surface area contributed by atoms with E-state index in [0.717, 1.165) is 27.6 Å². The van der Waals surface area contributed by atoms with Gasteiger partial charge in [0, 0.05) is 35.2 Å². The Morgan fingerprint density at radius 1 is 0.925 bits per heavy atom. The van der Waals surface area contributed by atoms with Crippen molar-refractivity contribution < 1.29 is 23.6 Å². The Morgan fingerprint density at radius 2 is 1.68 bits per heavy atom. The van der Waals surface area contributed by atoms with Crippen molar-refractivity contribution in [2.45, 2.75) is 6.92 Å². The van der Waals surface area contributed by atoms with Gasteiger partial charge in [0.2, 0.25) is 0 Å². The van der Waals surface area contributed by atoms with E-state index in [9.17, 15) is 14.9 Å². The number of nitrogens with zero attached hydrogens (tertiary/aromatic N) is 2. The summed E-state index contributed by atoms with van der Waals surface area (Å²) in [5.74, 6) is 1.16. The Morgan fingerprint density at radius 3 is 2.40 bits per heavy atom. The average Bonchev–Trinajstić information content (AvgIpc) is 2.97. The van der Waals surface area contributed by atoms with Crippen LogP contribution < -0.4 is 14.8 Å². The summed E-state index contributed by atoms with van der Waals surface area (Å²) in [7, 11) is 1.62. The lowest BCUT2D eigenvalue weighted by Gasteiger charge is -2.07. The van der Waals surface area contributed by atoms with Gasteiger partial charge in [-0.1, -0.05) is 23.8 Å². The zero-order valence-electron chi connectivity index (χ0n) is 21.7. The van der Waals surface area contributed by atoms with Crippen molar-refractivity contribution in [2.75, 3.05) is 7.11 Å². The van der Waals surface area contributed by atoms with Gasteiger partial charge in [-0.2, -0.15) is 0 Å². The molecule has 0 N–H and O–H groups in total. The molecule has 0 bridgehead atoms. The van der Waals surface area contributed by atoms with Crippen LogP contribution in [0.4, 0.5) is 11.4 Å². The van der Waals surface area contributed by atoms with Crippen LogP contribution in [0.3, 0.4) is 0 Å². The van der Waals surface area contributed by atoms with E-state index in [1.165, 1.54) is 24.3 Å². The first-order chi connectivity index (χ1) is 19.4. The molecule has 8 heteroatoms. The van der Waals surface area contributed by atoms with E-state index in [1.54, 1.807) is 43.5 Å². The summed E-state index contributed by atoms with van der Waals surface area (Å²) in [6.45, 7) is 2.01. The van der Waals surface area contributed by atoms with Gasteiger partial charge >= 0.3 is 5.97 Å². The maximum Gasteiger partial charge on any atom is 0.336 e. The first-order valence-electron chi connectivity index (χ1n) is 12.4. The van der Waals surface area contributed by atoms with Crippen molar-refractivity contribution in [2.24, 2.45) is 4.99 Å². The molecule has 5 rings (SSSR count). The fraction of sp³-hybridized carbons (Fsp3) is 0.0625. The van der Waals surface area contributed by atoms with Gasteiger partial charge in [0.1, 0.15) is 22.8 Å². The van der Waals surface area contributed by atoms with Crippen molar-refractivity contribution in [3.05, 3.63) is 130 Å². The highest BCUT2D eigenvalue weighted by molar-refractivity contribution is 5.88. The second-order valence-corrected chi connectivity index (χ2v) is 8.94. The summed E-state index contributed by atoms with van der Waals surface area (Å²) in [5.41, 5.74) is 3.81. The number of carbonyl (C=O) groups is 1. The van der Waals surface area contributed by atoms with E-state index in [0.29, 0.717) is 28.3 Å². The third-order valence-corrected chi connectivity index (χ3v) is 6.07. The van der Waals surface area contributed by atoms with E-state index in [-0.39, 0.29) is 5.69 Å². The van der Waals surface area contributed by atoms with Crippen molar-refractivity contribution in [1.82, 2.24) is 0 Å². The molecule has 0 radical (unpaired) electrons. The van der Waals surface area contributed by atoms with Gasteiger partial charge in [0.15, 0.2) is 0 Å². The topological polar surface area (TPSA) is 104 Å². The molecule has 0 fully saturated rings. The molecule has 0 saturated heterocycles. The summed E-state index contributed by atoms with van der Waals surface area (Å²) in [5, 5.41) is 12.5. The summed E-state index contributed by atoms with van der Waals surface area (Å²) < 4.78 is 16.8. The summed E-state index contributed by atoms with van der Waals surface area (Å²) >= 11 is 0. The standard InChI is InChI=1S/C32H24N2O6/c1-21-6-16-30-28(18-21)29(20-31(40-30)23-8-12-26(38-2)13-9-23)33-24-10-14-27(15-11-24)39-32(35)17-7-22-4-3-5-25(19-22)34(36)37/h3-20H,1-2H3. The second kappa shape index (κ2) is 11.5. The molecule has 198 valence electrons. The van der Waals surface area contributed by atoms with Crippen LogP contribution in [0.15, 0.2) is 113 Å². The normalized spacial score (nSPS) is 11.6. The highest BCUT2D eigenvalue weighted by Crippen LogP contribution is 2.26. The number of nitro benzene ring substituents is 1. The van der Waals surface area contributed by atoms with Crippen LogP contribution in [0.1, 0.15) is 11.1 Å². The number of rotatable bonds is 7. The van der Waals surface area contributed by atoms with Gasteiger partial charge in [0.25, 0.3) is 5.69 Å². The van der Waals surface area contributed by atoms with Crippen molar-refractivity contribution in [3.8, 4) is 22.8 Å². The lowest BCUT2D eigenvalue weighted by Crippen LogP contribution is -2.04.